The van der Waals surface area contributed by atoms with E-state index >= 15 is 0 Å². The lowest BCUT2D eigenvalue weighted by Crippen LogP contribution is -2.51. The first kappa shape index (κ1) is 23.9. The number of phosphoric acid groups is 1. The van der Waals surface area contributed by atoms with Crippen molar-refractivity contribution in [3.8, 4) is 17.2 Å². The van der Waals surface area contributed by atoms with Gasteiger partial charge in [-0.05, 0) is 98.7 Å². The summed E-state index contributed by atoms with van der Waals surface area (Å²) in [5, 5.41) is 0. The number of hydrogen-bond acceptors (Lipinski definition) is 6. The molecule has 0 aromatic heterocycles. The van der Waals surface area contributed by atoms with Crippen molar-refractivity contribution in [3.05, 3.63) is 17.7 Å². The summed E-state index contributed by atoms with van der Waals surface area (Å²) in [4.78, 5) is 0. The first-order chi connectivity index (χ1) is 15.2. The summed E-state index contributed by atoms with van der Waals surface area (Å²) in [6.45, 7) is 8.64. The molecule has 6 nitrogen and oxygen atoms in total. The third-order valence-corrected chi connectivity index (χ3v) is 9.60. The zero-order valence-electron chi connectivity index (χ0n) is 20.4. The van der Waals surface area contributed by atoms with E-state index in [0.29, 0.717) is 17.4 Å². The van der Waals surface area contributed by atoms with Crippen LogP contribution in [0.2, 0.25) is 0 Å². The molecular formula is C25H39O6P. The van der Waals surface area contributed by atoms with Crippen LogP contribution in [0.1, 0.15) is 65.4 Å². The minimum Gasteiger partial charge on any atom is -0.493 e. The van der Waals surface area contributed by atoms with E-state index in [1.54, 1.807) is 28.1 Å². The Kier molecular flexibility index (Phi) is 6.87. The summed E-state index contributed by atoms with van der Waals surface area (Å²) < 4.78 is 40.9. The van der Waals surface area contributed by atoms with E-state index in [1.807, 2.05) is 12.1 Å². The fourth-order valence-electron chi connectivity index (χ4n) is 7.16. The van der Waals surface area contributed by atoms with Crippen LogP contribution in [0.5, 0.6) is 17.2 Å². The van der Waals surface area contributed by atoms with Crippen LogP contribution in [0.25, 0.3) is 0 Å². The molecule has 4 aliphatic carbocycles. The number of benzene rings is 1. The van der Waals surface area contributed by atoms with Crippen LogP contribution in [0.4, 0.5) is 0 Å². The van der Waals surface area contributed by atoms with Gasteiger partial charge in [0.1, 0.15) is 0 Å². The van der Waals surface area contributed by atoms with Gasteiger partial charge in [0.25, 0.3) is 0 Å². The lowest BCUT2D eigenvalue weighted by Gasteiger charge is -2.59. The summed E-state index contributed by atoms with van der Waals surface area (Å²) in [5.74, 6) is 5.34. The summed E-state index contributed by atoms with van der Waals surface area (Å²) in [7, 11) is -0.600. The van der Waals surface area contributed by atoms with Gasteiger partial charge in [0, 0.05) is 0 Å². The molecule has 5 rings (SSSR count). The highest BCUT2D eigenvalue weighted by Gasteiger charge is 2.53. The average Bonchev–Trinajstić information content (AvgIpc) is 2.73. The molecule has 0 heterocycles. The fraction of sp³-hybridized carbons (Fsp3) is 0.760. The van der Waals surface area contributed by atoms with Crippen molar-refractivity contribution in [1.29, 1.82) is 0 Å². The van der Waals surface area contributed by atoms with Crippen LogP contribution in [-0.2, 0) is 19.0 Å². The van der Waals surface area contributed by atoms with Gasteiger partial charge in [-0.3, -0.25) is 9.05 Å². The number of phosphoric ester groups is 1. The number of methoxy groups -OCH3 is 2. The van der Waals surface area contributed by atoms with Crippen LogP contribution in [-0.4, -0.2) is 27.4 Å². The maximum atomic E-state index is 13.0. The van der Waals surface area contributed by atoms with Gasteiger partial charge in [-0.1, -0.05) is 13.8 Å². The van der Waals surface area contributed by atoms with Gasteiger partial charge in [-0.15, -0.1) is 0 Å². The smallest absolute Gasteiger partial charge is 0.493 e. The van der Waals surface area contributed by atoms with Crippen molar-refractivity contribution < 1.29 is 27.6 Å². The van der Waals surface area contributed by atoms with Gasteiger partial charge < -0.3 is 14.0 Å². The monoisotopic (exact) mass is 466 g/mol. The van der Waals surface area contributed by atoms with Crippen molar-refractivity contribution in [2.45, 2.75) is 65.2 Å². The molecule has 4 fully saturated rings. The molecule has 4 saturated carbocycles. The molecule has 0 unspecified atom stereocenters. The lowest BCUT2D eigenvalue weighted by atomic mass is 9.46. The van der Waals surface area contributed by atoms with Crippen molar-refractivity contribution in [2.24, 2.45) is 29.6 Å². The van der Waals surface area contributed by atoms with Crippen molar-refractivity contribution in [2.75, 3.05) is 27.4 Å². The molecular weight excluding hydrogens is 427 g/mol. The Labute approximate surface area is 192 Å². The molecule has 0 radical (unpaired) electrons. The summed E-state index contributed by atoms with van der Waals surface area (Å²) >= 11 is 0. The average molecular weight is 467 g/mol. The molecule has 0 saturated heterocycles. The molecule has 4 bridgehead atoms. The second kappa shape index (κ2) is 9.19. The van der Waals surface area contributed by atoms with Gasteiger partial charge in [0.15, 0.2) is 11.5 Å². The Bertz CT molecular complexity index is 803. The second-order valence-corrected chi connectivity index (χ2v) is 11.9. The summed E-state index contributed by atoms with van der Waals surface area (Å²) in [6.07, 6.45) is 6.96. The van der Waals surface area contributed by atoms with E-state index in [9.17, 15) is 4.57 Å². The van der Waals surface area contributed by atoms with Crippen molar-refractivity contribution >= 4 is 7.82 Å². The molecule has 32 heavy (non-hydrogen) atoms. The summed E-state index contributed by atoms with van der Waals surface area (Å²) in [5.41, 5.74) is 1.13. The van der Waals surface area contributed by atoms with Crippen LogP contribution >= 0.6 is 7.82 Å². The van der Waals surface area contributed by atoms with Gasteiger partial charge in [-0.2, -0.15) is 0 Å². The molecule has 7 heteroatoms. The van der Waals surface area contributed by atoms with E-state index in [0.717, 1.165) is 23.7 Å². The van der Waals surface area contributed by atoms with E-state index in [-0.39, 0.29) is 24.4 Å². The van der Waals surface area contributed by atoms with E-state index in [2.05, 4.69) is 13.8 Å². The standard InChI is InChI=1S/C25H39O6P/c1-7-29-32(26,30-8-2)31-24-21(27-5)14-20(15-22(24)28-6)25(3,4)23-18-10-16-9-17(12-18)13-19(23)11-16/h14-19,23H,7-13H2,1-6H3. The van der Waals surface area contributed by atoms with Crippen LogP contribution in [0.3, 0.4) is 0 Å². The molecule has 0 N–H and O–H groups in total. The number of ether oxygens (including phenoxy) is 2. The summed E-state index contributed by atoms with van der Waals surface area (Å²) in [6, 6.07) is 4.04. The molecule has 0 aliphatic heterocycles. The highest BCUT2D eigenvalue weighted by atomic mass is 31.2. The molecule has 180 valence electrons. The molecule has 4 aliphatic rings. The molecule has 1 aromatic carbocycles. The second-order valence-electron chi connectivity index (χ2n) is 10.3. The maximum absolute atomic E-state index is 13.0. The minimum atomic E-state index is -3.78. The third kappa shape index (κ3) is 4.31. The Hall–Kier alpha value is -1.23. The minimum absolute atomic E-state index is 0.0365. The maximum Gasteiger partial charge on any atom is 0.530 e. The SMILES string of the molecule is CCOP(=O)(OCC)Oc1c(OC)cc(C(C)(C)C2C3CC4CC(C3)CC2C4)cc1OC. The highest BCUT2D eigenvalue weighted by Crippen LogP contribution is 2.62. The van der Waals surface area contributed by atoms with Gasteiger partial charge in [-0.25, -0.2) is 4.57 Å². The van der Waals surface area contributed by atoms with Crippen LogP contribution < -0.4 is 14.0 Å². The quantitative estimate of drug-likeness (QED) is 0.361. The topological polar surface area (TPSA) is 63.2 Å². The lowest BCUT2D eigenvalue weighted by molar-refractivity contribution is -0.0651. The predicted octanol–water partition coefficient (Wildman–Crippen LogP) is 6.61. The predicted molar refractivity (Wildman–Crippen MR) is 125 cm³/mol. The van der Waals surface area contributed by atoms with Crippen molar-refractivity contribution in [3.63, 3.8) is 0 Å². The molecule has 0 amide bonds. The van der Waals surface area contributed by atoms with E-state index < -0.39 is 7.82 Å². The molecule has 0 spiro atoms. The normalized spacial score (nSPS) is 29.2. The fourth-order valence-corrected chi connectivity index (χ4v) is 8.37. The molecule has 0 atom stereocenters. The Morgan fingerprint density at radius 3 is 1.75 bits per heavy atom. The highest BCUT2D eigenvalue weighted by molar-refractivity contribution is 7.48. The van der Waals surface area contributed by atoms with Crippen LogP contribution in [0, 0.1) is 29.6 Å². The van der Waals surface area contributed by atoms with Gasteiger partial charge in [0.2, 0.25) is 5.75 Å². The zero-order valence-corrected chi connectivity index (χ0v) is 21.3. The largest absolute Gasteiger partial charge is 0.530 e. The first-order valence-electron chi connectivity index (χ1n) is 12.1. The zero-order chi connectivity index (χ0) is 23.1. The van der Waals surface area contributed by atoms with E-state index in [4.69, 9.17) is 23.0 Å². The van der Waals surface area contributed by atoms with E-state index in [1.165, 1.54) is 37.7 Å². The van der Waals surface area contributed by atoms with Crippen molar-refractivity contribution in [1.82, 2.24) is 0 Å². The Morgan fingerprint density at radius 1 is 0.875 bits per heavy atom. The first-order valence-corrected chi connectivity index (χ1v) is 13.6. The Morgan fingerprint density at radius 2 is 1.34 bits per heavy atom. The number of rotatable bonds is 10. The Balaban J connectivity index is 1.69. The van der Waals surface area contributed by atoms with Gasteiger partial charge in [0.05, 0.1) is 27.4 Å². The molecule has 1 aromatic rings. The van der Waals surface area contributed by atoms with Crippen LogP contribution in [0.15, 0.2) is 12.1 Å². The van der Waals surface area contributed by atoms with Gasteiger partial charge >= 0.3 is 7.82 Å². The third-order valence-electron chi connectivity index (χ3n) is 8.04. The number of hydrogen-bond donors (Lipinski definition) is 0.